The van der Waals surface area contributed by atoms with Crippen molar-refractivity contribution in [3.8, 4) is 0 Å². The largest absolute Gasteiger partial charge is 0.366 e. The fourth-order valence-corrected chi connectivity index (χ4v) is 2.34. The van der Waals surface area contributed by atoms with E-state index in [0.29, 0.717) is 6.54 Å². The molecule has 1 N–H and O–H groups in total. The smallest absolute Gasteiger partial charge is 0.171 e. The van der Waals surface area contributed by atoms with Crippen LogP contribution in [0.4, 0.5) is 5.82 Å². The number of pyridine rings is 1. The molecular weight excluding hydrogens is 318 g/mol. The Morgan fingerprint density at radius 2 is 2.25 bits per heavy atom. The van der Waals surface area contributed by atoms with Gasteiger partial charge in [0.2, 0.25) is 0 Å². The van der Waals surface area contributed by atoms with Gasteiger partial charge in [-0.1, -0.05) is 13.0 Å². The van der Waals surface area contributed by atoms with E-state index < -0.39 is 0 Å². The van der Waals surface area contributed by atoms with Crippen molar-refractivity contribution < 1.29 is 0 Å². The third kappa shape index (κ3) is 2.51. The first kappa shape index (κ1) is 13.1. The fourth-order valence-electron chi connectivity index (χ4n) is 1.99. The number of fused-ring (bicyclic) bond motifs is 1. The first-order valence-corrected chi connectivity index (χ1v) is 7.23. The minimum atomic E-state index is 0.702. The zero-order valence-electron chi connectivity index (χ0n) is 11.0. The number of halogens is 1. The second-order valence-corrected chi connectivity index (χ2v) is 5.28. The monoisotopic (exact) mass is 331 g/mol. The topological polar surface area (TPSA) is 55.1 Å². The van der Waals surface area contributed by atoms with Gasteiger partial charge in [-0.15, -0.1) is 0 Å². The van der Waals surface area contributed by atoms with E-state index in [0.717, 1.165) is 33.6 Å². The molecule has 102 valence electrons. The molecular formula is C14H14BrN5. The van der Waals surface area contributed by atoms with Gasteiger partial charge in [-0.3, -0.25) is 4.98 Å². The summed E-state index contributed by atoms with van der Waals surface area (Å²) >= 11 is 3.48. The maximum Gasteiger partial charge on any atom is 0.171 e. The van der Waals surface area contributed by atoms with Crippen LogP contribution in [-0.2, 0) is 13.0 Å². The van der Waals surface area contributed by atoms with Gasteiger partial charge >= 0.3 is 0 Å². The Bertz CT molecular complexity index is 723. The predicted molar refractivity (Wildman–Crippen MR) is 81.6 cm³/mol. The van der Waals surface area contributed by atoms with E-state index in [-0.39, 0.29) is 0 Å². The normalized spacial score (nSPS) is 10.9. The summed E-state index contributed by atoms with van der Waals surface area (Å²) in [5.41, 5.74) is 2.99. The van der Waals surface area contributed by atoms with Crippen molar-refractivity contribution >= 4 is 27.4 Å². The second-order valence-electron chi connectivity index (χ2n) is 4.43. The number of aryl methyl sites for hydroxylation is 1. The first-order chi connectivity index (χ1) is 9.78. The summed E-state index contributed by atoms with van der Waals surface area (Å²) in [5.74, 6) is 0.932. The third-order valence-electron chi connectivity index (χ3n) is 3.04. The molecule has 0 amide bonds. The van der Waals surface area contributed by atoms with Crippen LogP contribution < -0.4 is 5.32 Å². The van der Waals surface area contributed by atoms with Crippen molar-refractivity contribution in [1.82, 2.24) is 19.6 Å². The molecule has 0 saturated heterocycles. The van der Waals surface area contributed by atoms with Gasteiger partial charge in [-0.2, -0.15) is 9.61 Å². The molecule has 0 aliphatic rings. The van der Waals surface area contributed by atoms with Crippen LogP contribution in [0.1, 0.15) is 18.2 Å². The summed E-state index contributed by atoms with van der Waals surface area (Å²) in [6.07, 6.45) is 6.27. The van der Waals surface area contributed by atoms with Crippen LogP contribution in [0.3, 0.4) is 0 Å². The lowest BCUT2D eigenvalue weighted by Crippen LogP contribution is -2.07. The van der Waals surface area contributed by atoms with E-state index in [1.807, 2.05) is 24.4 Å². The molecule has 5 nitrogen and oxygen atoms in total. The lowest BCUT2D eigenvalue weighted by Gasteiger charge is -2.10. The van der Waals surface area contributed by atoms with Crippen LogP contribution in [0.5, 0.6) is 0 Å². The molecule has 0 saturated carbocycles. The second kappa shape index (κ2) is 5.58. The molecule has 0 aromatic carbocycles. The molecule has 0 radical (unpaired) electrons. The van der Waals surface area contributed by atoms with E-state index >= 15 is 0 Å². The number of rotatable bonds is 4. The van der Waals surface area contributed by atoms with Crippen LogP contribution in [0, 0.1) is 0 Å². The Balaban J connectivity index is 1.94. The predicted octanol–water partition coefficient (Wildman–Crippen LogP) is 3.06. The zero-order valence-corrected chi connectivity index (χ0v) is 12.6. The number of hydrogen-bond donors (Lipinski definition) is 1. The number of nitrogens with one attached hydrogen (secondary N) is 1. The summed E-state index contributed by atoms with van der Waals surface area (Å²) in [6.45, 7) is 2.79. The molecule has 0 fully saturated rings. The lowest BCUT2D eigenvalue weighted by atomic mass is 10.3. The summed E-state index contributed by atoms with van der Waals surface area (Å²) in [6, 6.07) is 6.00. The standard InChI is InChI=1S/C14H14BrN5/c1-2-11-6-13(17-8-10-4-3-5-16-7-10)20-14(19-11)12(15)9-18-20/h3-7,9,17H,2,8H2,1H3. The minimum Gasteiger partial charge on any atom is -0.366 e. The van der Waals surface area contributed by atoms with Gasteiger partial charge in [0, 0.05) is 30.7 Å². The average Bonchev–Trinajstić information content (AvgIpc) is 2.87. The molecule has 0 spiro atoms. The molecule has 0 unspecified atom stereocenters. The SMILES string of the molecule is CCc1cc(NCc2cccnc2)n2ncc(Br)c2n1. The Hall–Kier alpha value is -1.95. The van der Waals surface area contributed by atoms with Crippen molar-refractivity contribution in [2.24, 2.45) is 0 Å². The van der Waals surface area contributed by atoms with Crippen molar-refractivity contribution in [1.29, 1.82) is 0 Å². The van der Waals surface area contributed by atoms with Crippen molar-refractivity contribution in [2.45, 2.75) is 19.9 Å². The summed E-state index contributed by atoms with van der Waals surface area (Å²) in [4.78, 5) is 8.68. The van der Waals surface area contributed by atoms with E-state index in [9.17, 15) is 0 Å². The number of nitrogens with zero attached hydrogens (tertiary/aromatic N) is 4. The Kier molecular flexibility index (Phi) is 3.64. The van der Waals surface area contributed by atoms with Gasteiger partial charge in [0.05, 0.1) is 10.7 Å². The highest BCUT2D eigenvalue weighted by Crippen LogP contribution is 2.20. The molecule has 0 atom stereocenters. The molecule has 3 rings (SSSR count). The molecule has 0 aliphatic heterocycles. The van der Waals surface area contributed by atoms with Gasteiger partial charge in [0.1, 0.15) is 5.82 Å². The van der Waals surface area contributed by atoms with Gasteiger partial charge < -0.3 is 5.32 Å². The molecule has 0 aliphatic carbocycles. The van der Waals surface area contributed by atoms with Crippen LogP contribution in [0.25, 0.3) is 5.65 Å². The Labute approximate surface area is 125 Å². The van der Waals surface area contributed by atoms with Gasteiger partial charge in [-0.05, 0) is 34.0 Å². The minimum absolute atomic E-state index is 0.702. The van der Waals surface area contributed by atoms with E-state index in [4.69, 9.17) is 0 Å². The van der Waals surface area contributed by atoms with Gasteiger partial charge in [0.25, 0.3) is 0 Å². The van der Waals surface area contributed by atoms with Gasteiger partial charge in [-0.25, -0.2) is 4.98 Å². The Morgan fingerprint density at radius 1 is 1.35 bits per heavy atom. The highest BCUT2D eigenvalue weighted by atomic mass is 79.9. The maximum atomic E-state index is 4.57. The number of hydrogen-bond acceptors (Lipinski definition) is 4. The molecule has 20 heavy (non-hydrogen) atoms. The molecule has 0 bridgehead atoms. The lowest BCUT2D eigenvalue weighted by molar-refractivity contribution is 0.901. The Morgan fingerprint density at radius 3 is 3.00 bits per heavy atom. The van der Waals surface area contributed by atoms with Crippen molar-refractivity contribution in [2.75, 3.05) is 5.32 Å². The van der Waals surface area contributed by atoms with Crippen molar-refractivity contribution in [3.63, 3.8) is 0 Å². The molecule has 3 aromatic heterocycles. The summed E-state index contributed by atoms with van der Waals surface area (Å²) < 4.78 is 2.71. The van der Waals surface area contributed by atoms with Crippen LogP contribution in [0.2, 0.25) is 0 Å². The fraction of sp³-hybridized carbons (Fsp3) is 0.214. The third-order valence-corrected chi connectivity index (χ3v) is 3.60. The van der Waals surface area contributed by atoms with Crippen LogP contribution >= 0.6 is 15.9 Å². The maximum absolute atomic E-state index is 4.57. The number of anilines is 1. The molecule has 3 heterocycles. The zero-order chi connectivity index (χ0) is 13.9. The summed E-state index contributed by atoms with van der Waals surface area (Å²) in [7, 11) is 0. The van der Waals surface area contributed by atoms with E-state index in [1.165, 1.54) is 0 Å². The quantitative estimate of drug-likeness (QED) is 0.798. The first-order valence-electron chi connectivity index (χ1n) is 6.44. The van der Waals surface area contributed by atoms with Gasteiger partial charge in [0.15, 0.2) is 5.65 Å². The molecule has 6 heteroatoms. The van der Waals surface area contributed by atoms with E-state index in [1.54, 1.807) is 16.9 Å². The highest BCUT2D eigenvalue weighted by molar-refractivity contribution is 9.10. The van der Waals surface area contributed by atoms with E-state index in [2.05, 4.69) is 43.2 Å². The highest BCUT2D eigenvalue weighted by Gasteiger charge is 2.09. The number of aromatic nitrogens is 4. The van der Waals surface area contributed by atoms with Crippen LogP contribution in [-0.4, -0.2) is 19.6 Å². The van der Waals surface area contributed by atoms with Crippen molar-refractivity contribution in [3.05, 3.63) is 52.5 Å². The molecule has 3 aromatic rings. The van der Waals surface area contributed by atoms with Crippen LogP contribution in [0.15, 0.2) is 41.3 Å². The summed E-state index contributed by atoms with van der Waals surface area (Å²) in [5, 5.41) is 7.73. The average molecular weight is 332 g/mol.